The number of anilines is 1. The molecule has 32 heavy (non-hydrogen) atoms. The van der Waals surface area contributed by atoms with Gasteiger partial charge in [-0.25, -0.2) is 4.98 Å². The third-order valence-corrected chi connectivity index (χ3v) is 5.67. The van der Waals surface area contributed by atoms with Gasteiger partial charge in [0.15, 0.2) is 5.11 Å². The van der Waals surface area contributed by atoms with Gasteiger partial charge in [-0.2, -0.15) is 0 Å². The van der Waals surface area contributed by atoms with Crippen LogP contribution < -0.4 is 10.6 Å². The first-order chi connectivity index (χ1) is 15.6. The number of imidazole rings is 1. The van der Waals surface area contributed by atoms with Crippen LogP contribution >= 0.6 is 23.8 Å². The van der Waals surface area contributed by atoms with E-state index in [9.17, 15) is 4.79 Å². The zero-order valence-corrected chi connectivity index (χ0v) is 18.3. The number of amides is 1. The van der Waals surface area contributed by atoms with Crippen molar-refractivity contribution in [3.05, 3.63) is 95.5 Å². The molecule has 5 nitrogen and oxygen atoms in total. The summed E-state index contributed by atoms with van der Waals surface area (Å²) in [6.45, 7) is 0. The minimum atomic E-state index is -0.288. The Morgan fingerprint density at radius 2 is 1.72 bits per heavy atom. The predicted octanol–water partition coefficient (Wildman–Crippen LogP) is 6.16. The Morgan fingerprint density at radius 3 is 2.59 bits per heavy atom. The van der Waals surface area contributed by atoms with E-state index in [2.05, 4.69) is 20.6 Å². The normalized spacial score (nSPS) is 10.9. The molecule has 1 amide bonds. The van der Waals surface area contributed by atoms with Gasteiger partial charge >= 0.3 is 0 Å². The van der Waals surface area contributed by atoms with Gasteiger partial charge in [-0.3, -0.25) is 10.1 Å². The van der Waals surface area contributed by atoms with Crippen molar-refractivity contribution in [2.45, 2.75) is 0 Å². The zero-order valence-electron chi connectivity index (χ0n) is 16.7. The summed E-state index contributed by atoms with van der Waals surface area (Å²) in [5, 5.41) is 8.26. The number of rotatable bonds is 3. The van der Waals surface area contributed by atoms with E-state index in [4.69, 9.17) is 23.8 Å². The van der Waals surface area contributed by atoms with E-state index in [0.29, 0.717) is 16.3 Å². The van der Waals surface area contributed by atoms with Crippen LogP contribution in [0.4, 0.5) is 5.69 Å². The van der Waals surface area contributed by atoms with Crippen LogP contribution in [0.2, 0.25) is 5.02 Å². The van der Waals surface area contributed by atoms with Gasteiger partial charge in [0.05, 0.1) is 21.7 Å². The van der Waals surface area contributed by atoms with Crippen LogP contribution in [0.5, 0.6) is 0 Å². The highest BCUT2D eigenvalue weighted by molar-refractivity contribution is 7.80. The van der Waals surface area contributed by atoms with Crippen molar-refractivity contribution in [2.75, 3.05) is 5.32 Å². The molecular weight excluding hydrogens is 440 g/mol. The molecule has 0 spiro atoms. The van der Waals surface area contributed by atoms with Crippen molar-refractivity contribution in [2.24, 2.45) is 0 Å². The molecule has 7 heteroatoms. The molecule has 0 aliphatic rings. The number of carbonyl (C=O) groups is 1. The van der Waals surface area contributed by atoms with Crippen LogP contribution in [0.25, 0.3) is 33.2 Å². The van der Waals surface area contributed by atoms with Gasteiger partial charge in [0, 0.05) is 11.1 Å². The second kappa shape index (κ2) is 8.42. The number of nitrogens with one attached hydrogen (secondary N) is 3. The summed E-state index contributed by atoms with van der Waals surface area (Å²) in [4.78, 5) is 20.8. The molecule has 5 aromatic rings. The van der Waals surface area contributed by atoms with Gasteiger partial charge in [0.1, 0.15) is 5.82 Å². The second-order valence-electron chi connectivity index (χ2n) is 7.23. The summed E-state index contributed by atoms with van der Waals surface area (Å²) < 4.78 is 0. The van der Waals surface area contributed by atoms with Crippen LogP contribution in [0, 0.1) is 0 Å². The standard InChI is InChI=1S/C25H17ClN4OS/c26-19-13-12-16(23-27-20-10-3-4-11-21(20)28-23)14-22(19)29-25(32)30-24(31)18-9-5-7-15-6-1-2-8-17(15)18/h1-14H,(H,27,28)(H2,29,30,31,32). The summed E-state index contributed by atoms with van der Waals surface area (Å²) in [5.74, 6) is 0.431. The summed E-state index contributed by atoms with van der Waals surface area (Å²) in [7, 11) is 0. The van der Waals surface area contributed by atoms with Crippen LogP contribution in [-0.4, -0.2) is 21.0 Å². The number of fused-ring (bicyclic) bond motifs is 2. The Hall–Kier alpha value is -3.74. The maximum absolute atomic E-state index is 12.8. The lowest BCUT2D eigenvalue weighted by Crippen LogP contribution is -2.34. The molecule has 3 N–H and O–H groups in total. The smallest absolute Gasteiger partial charge is 0.258 e. The molecule has 0 fully saturated rings. The lowest BCUT2D eigenvalue weighted by molar-refractivity contribution is 0.0979. The SMILES string of the molecule is O=C(NC(=S)Nc1cc(-c2nc3ccccc3[nH]2)ccc1Cl)c1cccc2ccccc12. The van der Waals surface area contributed by atoms with Gasteiger partial charge in [-0.05, 0) is 59.4 Å². The highest BCUT2D eigenvalue weighted by atomic mass is 35.5. The number of halogens is 1. The molecule has 1 heterocycles. The van der Waals surface area contributed by atoms with Crippen molar-refractivity contribution in [1.29, 1.82) is 0 Å². The van der Waals surface area contributed by atoms with E-state index in [1.807, 2.05) is 72.8 Å². The highest BCUT2D eigenvalue weighted by Crippen LogP contribution is 2.29. The maximum atomic E-state index is 12.8. The zero-order chi connectivity index (χ0) is 22.1. The molecule has 0 aliphatic heterocycles. The number of benzene rings is 4. The fourth-order valence-corrected chi connectivity index (χ4v) is 3.97. The van der Waals surface area contributed by atoms with Crippen molar-refractivity contribution in [1.82, 2.24) is 15.3 Å². The first-order valence-electron chi connectivity index (χ1n) is 9.93. The van der Waals surface area contributed by atoms with E-state index >= 15 is 0 Å². The Labute approximate surface area is 194 Å². The van der Waals surface area contributed by atoms with Crippen molar-refractivity contribution in [3.63, 3.8) is 0 Å². The van der Waals surface area contributed by atoms with E-state index in [1.165, 1.54) is 0 Å². The molecule has 0 atom stereocenters. The molecule has 0 saturated carbocycles. The number of aromatic amines is 1. The minimum absolute atomic E-state index is 0.159. The largest absolute Gasteiger partial charge is 0.338 e. The molecule has 0 unspecified atom stereocenters. The van der Waals surface area contributed by atoms with E-state index in [1.54, 1.807) is 12.1 Å². The number of hydrogen-bond acceptors (Lipinski definition) is 3. The number of para-hydroxylation sites is 2. The molecule has 4 aromatic carbocycles. The summed E-state index contributed by atoms with van der Waals surface area (Å²) in [6.07, 6.45) is 0. The average Bonchev–Trinajstić information content (AvgIpc) is 3.24. The van der Waals surface area contributed by atoms with Crippen LogP contribution in [0.3, 0.4) is 0 Å². The predicted molar refractivity (Wildman–Crippen MR) is 134 cm³/mol. The van der Waals surface area contributed by atoms with Crippen LogP contribution in [-0.2, 0) is 0 Å². The van der Waals surface area contributed by atoms with Crippen LogP contribution in [0.1, 0.15) is 10.4 Å². The topological polar surface area (TPSA) is 69.8 Å². The van der Waals surface area contributed by atoms with Gasteiger partial charge in [-0.1, -0.05) is 60.1 Å². The van der Waals surface area contributed by atoms with Gasteiger partial charge in [-0.15, -0.1) is 0 Å². The molecule has 0 radical (unpaired) electrons. The van der Waals surface area contributed by atoms with Gasteiger partial charge in [0.2, 0.25) is 0 Å². The number of aromatic nitrogens is 2. The minimum Gasteiger partial charge on any atom is -0.338 e. The summed E-state index contributed by atoms with van der Waals surface area (Å²) in [5.41, 5.74) is 3.80. The Balaban J connectivity index is 1.37. The number of thiocarbonyl (C=S) groups is 1. The van der Waals surface area contributed by atoms with E-state index in [-0.39, 0.29) is 11.0 Å². The first-order valence-corrected chi connectivity index (χ1v) is 10.7. The molecular formula is C25H17ClN4OS. The fraction of sp³-hybridized carbons (Fsp3) is 0. The van der Waals surface area contributed by atoms with E-state index < -0.39 is 0 Å². The van der Waals surface area contributed by atoms with Crippen LogP contribution in [0.15, 0.2) is 84.9 Å². The lowest BCUT2D eigenvalue weighted by atomic mass is 10.0. The summed E-state index contributed by atoms with van der Waals surface area (Å²) in [6, 6.07) is 26.6. The molecule has 0 bridgehead atoms. The third-order valence-electron chi connectivity index (χ3n) is 5.14. The fourth-order valence-electron chi connectivity index (χ4n) is 3.61. The number of nitrogens with zero attached hydrogens (tertiary/aromatic N) is 1. The van der Waals surface area contributed by atoms with E-state index in [0.717, 1.165) is 33.2 Å². The Morgan fingerprint density at radius 1 is 0.938 bits per heavy atom. The quantitative estimate of drug-likeness (QED) is 0.284. The lowest BCUT2D eigenvalue weighted by Gasteiger charge is -2.13. The van der Waals surface area contributed by atoms with Gasteiger partial charge in [0.25, 0.3) is 5.91 Å². The Kier molecular flexibility index (Phi) is 5.31. The summed E-state index contributed by atoms with van der Waals surface area (Å²) >= 11 is 11.8. The molecule has 156 valence electrons. The third kappa shape index (κ3) is 3.93. The second-order valence-corrected chi connectivity index (χ2v) is 8.05. The van der Waals surface area contributed by atoms with Crippen molar-refractivity contribution < 1.29 is 4.79 Å². The monoisotopic (exact) mass is 456 g/mol. The molecule has 0 aliphatic carbocycles. The van der Waals surface area contributed by atoms with Crippen molar-refractivity contribution in [3.8, 4) is 11.4 Å². The molecule has 1 aromatic heterocycles. The van der Waals surface area contributed by atoms with Crippen molar-refractivity contribution >= 4 is 62.3 Å². The number of carbonyl (C=O) groups excluding carboxylic acids is 1. The number of H-pyrrole nitrogens is 1. The molecule has 5 rings (SSSR count). The molecule has 0 saturated heterocycles. The van der Waals surface area contributed by atoms with Gasteiger partial charge < -0.3 is 10.3 Å². The highest BCUT2D eigenvalue weighted by Gasteiger charge is 2.13. The average molecular weight is 457 g/mol. The number of hydrogen-bond donors (Lipinski definition) is 3. The first kappa shape index (κ1) is 20.2. The maximum Gasteiger partial charge on any atom is 0.258 e. The Bertz CT molecular complexity index is 1460.